The zero-order chi connectivity index (χ0) is 12.8. The molecule has 1 aromatic heterocycles. The van der Waals surface area contributed by atoms with E-state index in [-0.39, 0.29) is 0 Å². The second kappa shape index (κ2) is 3.75. The molecule has 4 nitrogen and oxygen atoms in total. The van der Waals surface area contributed by atoms with Crippen LogP contribution in [0, 0.1) is 0 Å². The first-order valence-corrected chi connectivity index (χ1v) is 6.25. The molecule has 19 heavy (non-hydrogen) atoms. The monoisotopic (exact) mass is 251 g/mol. The fourth-order valence-corrected chi connectivity index (χ4v) is 2.54. The van der Waals surface area contributed by atoms with Gasteiger partial charge in [-0.2, -0.15) is 5.10 Å². The van der Waals surface area contributed by atoms with Crippen molar-refractivity contribution in [1.29, 1.82) is 0 Å². The van der Waals surface area contributed by atoms with Gasteiger partial charge in [0.15, 0.2) is 5.58 Å². The number of rotatable bonds is 1. The maximum atomic E-state index is 6.01. The van der Waals surface area contributed by atoms with Gasteiger partial charge in [-0.15, -0.1) is 0 Å². The van der Waals surface area contributed by atoms with Crippen LogP contribution < -0.4 is 4.90 Å². The van der Waals surface area contributed by atoms with Crippen LogP contribution in [0.4, 0.5) is 5.69 Å². The summed E-state index contributed by atoms with van der Waals surface area (Å²) in [6.07, 6.45) is 1.84. The van der Waals surface area contributed by atoms with E-state index in [1.165, 1.54) is 0 Å². The molecule has 0 N–H and O–H groups in total. The Morgan fingerprint density at radius 2 is 1.89 bits per heavy atom. The fraction of sp³-hybridized carbons (Fsp3) is 0.133. The van der Waals surface area contributed by atoms with Gasteiger partial charge < -0.3 is 9.32 Å². The Hall–Kier alpha value is -2.49. The number of hydrogen-bond acceptors (Lipinski definition) is 4. The Morgan fingerprint density at radius 3 is 2.74 bits per heavy atom. The highest BCUT2D eigenvalue weighted by atomic mass is 16.3. The van der Waals surface area contributed by atoms with Crippen molar-refractivity contribution in [1.82, 2.24) is 5.01 Å². The Kier molecular flexibility index (Phi) is 2.06. The van der Waals surface area contributed by atoms with Crippen molar-refractivity contribution < 1.29 is 4.42 Å². The predicted octanol–water partition coefficient (Wildman–Crippen LogP) is 3.24. The first kappa shape index (κ1) is 10.4. The Morgan fingerprint density at radius 1 is 1.05 bits per heavy atom. The summed E-state index contributed by atoms with van der Waals surface area (Å²) in [6, 6.07) is 14.4. The van der Waals surface area contributed by atoms with E-state index < -0.39 is 0 Å². The molecule has 94 valence electrons. The van der Waals surface area contributed by atoms with Crippen LogP contribution in [0.3, 0.4) is 0 Å². The molecular formula is C15H13N3O. The van der Waals surface area contributed by atoms with Crippen LogP contribution in [0.5, 0.6) is 0 Å². The number of hydrogen-bond donors (Lipinski definition) is 0. The summed E-state index contributed by atoms with van der Waals surface area (Å²) in [4.78, 5) is 2.09. The standard InChI is InChI=1S/C15H13N3O/c1-17-10-18(9-16-17)13-7-4-6-12-11-5-2-3-8-14(11)19-15(12)13/h2-9H,10H2,1H3. The van der Waals surface area contributed by atoms with Crippen molar-refractivity contribution in [2.24, 2.45) is 5.10 Å². The number of fused-ring (bicyclic) bond motifs is 3. The van der Waals surface area contributed by atoms with Crippen LogP contribution in [-0.4, -0.2) is 25.1 Å². The van der Waals surface area contributed by atoms with Gasteiger partial charge in [-0.25, -0.2) is 0 Å². The second-order valence-electron chi connectivity index (χ2n) is 4.75. The zero-order valence-electron chi connectivity index (χ0n) is 10.6. The first-order valence-electron chi connectivity index (χ1n) is 6.25. The van der Waals surface area contributed by atoms with Crippen molar-refractivity contribution in [2.75, 3.05) is 18.6 Å². The summed E-state index contributed by atoms with van der Waals surface area (Å²) in [5.41, 5.74) is 2.90. The summed E-state index contributed by atoms with van der Waals surface area (Å²) >= 11 is 0. The van der Waals surface area contributed by atoms with E-state index in [1.807, 2.05) is 36.6 Å². The van der Waals surface area contributed by atoms with E-state index in [1.54, 1.807) is 0 Å². The molecule has 2 aromatic carbocycles. The van der Waals surface area contributed by atoms with Gasteiger partial charge in [0, 0.05) is 17.8 Å². The lowest BCUT2D eigenvalue weighted by Gasteiger charge is -2.15. The molecule has 2 heterocycles. The molecular weight excluding hydrogens is 238 g/mol. The highest BCUT2D eigenvalue weighted by Crippen LogP contribution is 2.35. The molecule has 0 fully saturated rings. The number of hydrazone groups is 1. The van der Waals surface area contributed by atoms with E-state index in [4.69, 9.17) is 4.42 Å². The number of nitrogens with zero attached hydrogens (tertiary/aromatic N) is 3. The highest BCUT2D eigenvalue weighted by Gasteiger charge is 2.17. The molecule has 0 saturated carbocycles. The molecule has 1 aliphatic heterocycles. The Bertz CT molecular complexity index is 790. The number of anilines is 1. The van der Waals surface area contributed by atoms with Crippen LogP contribution >= 0.6 is 0 Å². The number of para-hydroxylation sites is 2. The molecule has 3 aromatic rings. The topological polar surface area (TPSA) is 32.0 Å². The largest absolute Gasteiger partial charge is 0.454 e. The quantitative estimate of drug-likeness (QED) is 0.665. The Labute approximate surface area is 110 Å². The lowest BCUT2D eigenvalue weighted by atomic mass is 10.1. The molecule has 0 saturated heterocycles. The lowest BCUT2D eigenvalue weighted by molar-refractivity contribution is 0.393. The summed E-state index contributed by atoms with van der Waals surface area (Å²) < 4.78 is 6.01. The van der Waals surface area contributed by atoms with E-state index >= 15 is 0 Å². The minimum atomic E-state index is 0.746. The van der Waals surface area contributed by atoms with Gasteiger partial charge in [-0.05, 0) is 12.1 Å². The molecule has 0 radical (unpaired) electrons. The molecule has 0 spiro atoms. The third kappa shape index (κ3) is 1.50. The van der Waals surface area contributed by atoms with Crippen molar-refractivity contribution in [3.63, 3.8) is 0 Å². The first-order chi connectivity index (χ1) is 9.33. The minimum absolute atomic E-state index is 0.746. The zero-order valence-corrected chi connectivity index (χ0v) is 10.6. The molecule has 1 aliphatic rings. The van der Waals surface area contributed by atoms with Crippen molar-refractivity contribution in [3.05, 3.63) is 42.5 Å². The summed E-state index contributed by atoms with van der Waals surface area (Å²) in [6.45, 7) is 0.746. The smallest absolute Gasteiger partial charge is 0.159 e. The third-order valence-electron chi connectivity index (χ3n) is 3.44. The van der Waals surface area contributed by atoms with Crippen LogP contribution in [0.25, 0.3) is 21.9 Å². The van der Waals surface area contributed by atoms with Crippen LogP contribution in [-0.2, 0) is 0 Å². The molecule has 0 amide bonds. The van der Waals surface area contributed by atoms with Gasteiger partial charge in [0.1, 0.15) is 18.6 Å². The van der Waals surface area contributed by atoms with Gasteiger partial charge in [0.2, 0.25) is 0 Å². The molecule has 0 aliphatic carbocycles. The SMILES string of the molecule is CN1CN(c2cccc3c2oc2ccccc23)C=N1. The maximum absolute atomic E-state index is 6.01. The van der Waals surface area contributed by atoms with E-state index in [2.05, 4.69) is 34.3 Å². The fourth-order valence-electron chi connectivity index (χ4n) is 2.54. The summed E-state index contributed by atoms with van der Waals surface area (Å²) in [5, 5.41) is 8.44. The van der Waals surface area contributed by atoms with Gasteiger partial charge in [-0.1, -0.05) is 30.3 Å². The average molecular weight is 251 g/mol. The van der Waals surface area contributed by atoms with E-state index in [9.17, 15) is 0 Å². The highest BCUT2D eigenvalue weighted by molar-refractivity contribution is 6.10. The molecule has 4 rings (SSSR count). The van der Waals surface area contributed by atoms with Gasteiger partial charge >= 0.3 is 0 Å². The molecule has 0 bridgehead atoms. The van der Waals surface area contributed by atoms with Crippen LogP contribution in [0.1, 0.15) is 0 Å². The third-order valence-corrected chi connectivity index (χ3v) is 3.44. The second-order valence-corrected chi connectivity index (χ2v) is 4.75. The van der Waals surface area contributed by atoms with Crippen LogP contribution in [0.15, 0.2) is 52.0 Å². The van der Waals surface area contributed by atoms with Gasteiger partial charge in [0.25, 0.3) is 0 Å². The average Bonchev–Trinajstić information content (AvgIpc) is 3.02. The maximum Gasteiger partial charge on any atom is 0.159 e. The predicted molar refractivity (Wildman–Crippen MR) is 77.3 cm³/mol. The van der Waals surface area contributed by atoms with Gasteiger partial charge in [-0.3, -0.25) is 5.01 Å². The number of benzene rings is 2. The number of furan rings is 1. The molecule has 0 atom stereocenters. The summed E-state index contributed by atoms with van der Waals surface area (Å²) in [5.74, 6) is 0. The van der Waals surface area contributed by atoms with Crippen molar-refractivity contribution in [3.8, 4) is 0 Å². The summed E-state index contributed by atoms with van der Waals surface area (Å²) in [7, 11) is 1.95. The van der Waals surface area contributed by atoms with E-state index in [0.29, 0.717) is 0 Å². The lowest BCUT2D eigenvalue weighted by Crippen LogP contribution is -2.23. The van der Waals surface area contributed by atoms with Crippen molar-refractivity contribution in [2.45, 2.75) is 0 Å². The molecule has 0 unspecified atom stereocenters. The Balaban J connectivity index is 1.99. The van der Waals surface area contributed by atoms with E-state index in [0.717, 1.165) is 34.3 Å². The normalized spacial score (nSPS) is 15.0. The van der Waals surface area contributed by atoms with Gasteiger partial charge in [0.05, 0.1) is 5.69 Å². The molecule has 4 heteroatoms. The minimum Gasteiger partial charge on any atom is -0.454 e. The van der Waals surface area contributed by atoms with Crippen molar-refractivity contribution >= 4 is 34.0 Å². The van der Waals surface area contributed by atoms with Crippen LogP contribution in [0.2, 0.25) is 0 Å².